The van der Waals surface area contributed by atoms with Crippen LogP contribution in [0.4, 0.5) is 5.69 Å². The summed E-state index contributed by atoms with van der Waals surface area (Å²) < 4.78 is 4.53. The first kappa shape index (κ1) is 19.3. The van der Waals surface area contributed by atoms with Gasteiger partial charge in [-0.2, -0.15) is 0 Å². The molecule has 0 spiro atoms. The molecule has 3 rings (SSSR count). The lowest BCUT2D eigenvalue weighted by Crippen LogP contribution is -2.58. The van der Waals surface area contributed by atoms with E-state index in [1.807, 2.05) is 18.2 Å². The molecule has 0 radical (unpaired) electrons. The number of aromatic nitrogens is 2. The summed E-state index contributed by atoms with van der Waals surface area (Å²) >= 11 is 1.19. The number of aromatic amines is 1. The number of ether oxygens (including phenoxy) is 1. The number of nitrogens with zero attached hydrogens (tertiary/aromatic N) is 1. The highest BCUT2D eigenvalue weighted by Crippen LogP contribution is 2.32. The van der Waals surface area contributed by atoms with Crippen molar-refractivity contribution in [2.24, 2.45) is 0 Å². The molecule has 2 aromatic heterocycles. The summed E-state index contributed by atoms with van der Waals surface area (Å²) in [5, 5.41) is 14.2. The summed E-state index contributed by atoms with van der Waals surface area (Å²) in [7, 11) is 1.11. The van der Waals surface area contributed by atoms with E-state index in [1.165, 1.54) is 11.3 Å². The van der Waals surface area contributed by atoms with Gasteiger partial charge in [0.25, 0.3) is 11.5 Å². The molecule has 2 heterocycles. The molecule has 6 N–H and O–H groups in total. The summed E-state index contributed by atoms with van der Waals surface area (Å²) in [4.78, 5) is 43.0. The Bertz CT molecular complexity index is 1080. The largest absolute Gasteiger partial charge is 0.501 e. The predicted octanol–water partition coefficient (Wildman–Crippen LogP) is 0.912. The van der Waals surface area contributed by atoms with Gasteiger partial charge in [-0.25, -0.2) is 9.78 Å². The molecule has 0 aliphatic carbocycles. The quantitative estimate of drug-likeness (QED) is 0.467. The van der Waals surface area contributed by atoms with E-state index in [-0.39, 0.29) is 11.7 Å². The molecule has 0 fully saturated rings. The Morgan fingerprint density at radius 2 is 2.00 bits per heavy atom. The van der Waals surface area contributed by atoms with E-state index in [0.29, 0.717) is 10.6 Å². The zero-order chi connectivity index (χ0) is 20.3. The topological polar surface area (TPSA) is 149 Å². The van der Waals surface area contributed by atoms with Crippen LogP contribution in [0, 0.1) is 0 Å². The molecule has 3 aromatic rings. The third-order valence-corrected chi connectivity index (χ3v) is 4.85. The Kier molecular flexibility index (Phi) is 5.52. The molecule has 10 heteroatoms. The van der Waals surface area contributed by atoms with Crippen molar-refractivity contribution in [1.29, 1.82) is 0 Å². The number of hydrogen-bond acceptors (Lipinski definition) is 7. The molecule has 28 heavy (non-hydrogen) atoms. The van der Waals surface area contributed by atoms with Gasteiger partial charge in [0.05, 0.1) is 17.7 Å². The van der Waals surface area contributed by atoms with Gasteiger partial charge in [0, 0.05) is 5.56 Å². The van der Waals surface area contributed by atoms with Crippen LogP contribution in [0.15, 0.2) is 46.6 Å². The highest BCUT2D eigenvalue weighted by atomic mass is 32.1. The van der Waals surface area contributed by atoms with Crippen LogP contribution >= 0.6 is 11.3 Å². The van der Waals surface area contributed by atoms with Crippen molar-refractivity contribution < 1.29 is 25.2 Å². The molecule has 1 amide bonds. The molecular formula is C18H17N4O5S+. The SMILES string of the molecule is COC(=O)c1nc(-c2sccc2NC(=O)[C@@H]([NH3+])c2ccccc2)[nH]c(=O)c1O. The van der Waals surface area contributed by atoms with Crippen LogP contribution in [-0.4, -0.2) is 34.1 Å². The number of aromatic hydroxyl groups is 1. The Balaban J connectivity index is 1.92. The lowest BCUT2D eigenvalue weighted by molar-refractivity contribution is -0.408. The number of benzene rings is 1. The van der Waals surface area contributed by atoms with Crippen LogP contribution < -0.4 is 16.6 Å². The number of nitrogens with one attached hydrogen (secondary N) is 2. The zero-order valence-corrected chi connectivity index (χ0v) is 15.6. The molecule has 144 valence electrons. The fourth-order valence-electron chi connectivity index (χ4n) is 2.46. The maximum Gasteiger partial charge on any atom is 0.360 e. The molecule has 1 aromatic carbocycles. The fourth-order valence-corrected chi connectivity index (χ4v) is 3.26. The van der Waals surface area contributed by atoms with Gasteiger partial charge in [0.2, 0.25) is 5.75 Å². The molecule has 0 saturated carbocycles. The van der Waals surface area contributed by atoms with Crippen molar-refractivity contribution >= 4 is 28.9 Å². The van der Waals surface area contributed by atoms with Crippen LogP contribution in [0.1, 0.15) is 22.1 Å². The van der Waals surface area contributed by atoms with Gasteiger partial charge in [-0.1, -0.05) is 30.3 Å². The van der Waals surface area contributed by atoms with E-state index in [4.69, 9.17) is 0 Å². The van der Waals surface area contributed by atoms with E-state index < -0.39 is 29.0 Å². The van der Waals surface area contributed by atoms with E-state index in [9.17, 15) is 19.5 Å². The fraction of sp³-hybridized carbons (Fsp3) is 0.111. The average Bonchev–Trinajstić information content (AvgIpc) is 3.17. The minimum absolute atomic E-state index is 0.0221. The van der Waals surface area contributed by atoms with Crippen LogP contribution in [0.5, 0.6) is 5.75 Å². The minimum Gasteiger partial charge on any atom is -0.501 e. The first-order valence-electron chi connectivity index (χ1n) is 8.10. The van der Waals surface area contributed by atoms with E-state index in [2.05, 4.69) is 25.8 Å². The molecule has 0 aliphatic rings. The van der Waals surface area contributed by atoms with Crippen LogP contribution in [0.25, 0.3) is 10.7 Å². The number of carbonyl (C=O) groups is 2. The first-order chi connectivity index (χ1) is 13.4. The summed E-state index contributed by atoms with van der Waals surface area (Å²) in [6, 6.07) is 10.1. The maximum absolute atomic E-state index is 12.6. The molecule has 9 nitrogen and oxygen atoms in total. The third-order valence-electron chi connectivity index (χ3n) is 3.93. The molecular weight excluding hydrogens is 384 g/mol. The second-order valence-corrected chi connectivity index (χ2v) is 6.64. The molecule has 0 saturated heterocycles. The van der Waals surface area contributed by atoms with Gasteiger partial charge < -0.3 is 25.9 Å². The summed E-state index contributed by atoms with van der Waals surface area (Å²) in [6.45, 7) is 0. The average molecular weight is 401 g/mol. The van der Waals surface area contributed by atoms with Crippen molar-refractivity contribution in [3.63, 3.8) is 0 Å². The number of anilines is 1. The number of H-pyrrole nitrogens is 1. The zero-order valence-electron chi connectivity index (χ0n) is 14.8. The number of methoxy groups -OCH3 is 1. The van der Waals surface area contributed by atoms with Crippen molar-refractivity contribution in [2.45, 2.75) is 6.04 Å². The molecule has 1 atom stereocenters. The predicted molar refractivity (Wildman–Crippen MR) is 102 cm³/mol. The summed E-state index contributed by atoms with van der Waals surface area (Å²) in [5.74, 6) is -2.11. The minimum atomic E-state index is -0.950. The van der Waals surface area contributed by atoms with Crippen molar-refractivity contribution in [3.05, 3.63) is 63.4 Å². The monoisotopic (exact) mass is 401 g/mol. The second kappa shape index (κ2) is 8.03. The normalized spacial score (nSPS) is 11.6. The smallest absolute Gasteiger partial charge is 0.360 e. The van der Waals surface area contributed by atoms with Crippen molar-refractivity contribution in [3.8, 4) is 16.5 Å². The van der Waals surface area contributed by atoms with Crippen LogP contribution in [0.2, 0.25) is 0 Å². The standard InChI is InChI=1S/C18H16N4O5S/c1-27-18(26)12-13(23)17(25)22-15(21-12)14-10(7-8-28-14)20-16(24)11(19)9-5-3-2-4-6-9/h2-8,11,23H,19H2,1H3,(H,20,24)(H,21,22,25)/p+1/t11-/m0/s1. The Morgan fingerprint density at radius 1 is 1.29 bits per heavy atom. The van der Waals surface area contributed by atoms with Crippen LogP contribution in [0.3, 0.4) is 0 Å². The highest BCUT2D eigenvalue weighted by Gasteiger charge is 2.24. The van der Waals surface area contributed by atoms with Gasteiger partial charge in [-0.15, -0.1) is 11.3 Å². The van der Waals surface area contributed by atoms with Gasteiger partial charge in [-0.3, -0.25) is 9.59 Å². The lowest BCUT2D eigenvalue weighted by Gasteiger charge is -2.11. The van der Waals surface area contributed by atoms with Gasteiger partial charge in [-0.05, 0) is 11.4 Å². The first-order valence-corrected chi connectivity index (χ1v) is 8.98. The molecule has 0 bridgehead atoms. The third kappa shape index (κ3) is 3.77. The summed E-state index contributed by atoms with van der Waals surface area (Å²) in [5.41, 5.74) is 3.63. The number of rotatable bonds is 5. The number of thiophene rings is 1. The summed E-state index contributed by atoms with van der Waals surface area (Å²) in [6.07, 6.45) is 0. The van der Waals surface area contributed by atoms with E-state index in [0.717, 1.165) is 12.7 Å². The van der Waals surface area contributed by atoms with Crippen molar-refractivity contribution in [2.75, 3.05) is 12.4 Å². The van der Waals surface area contributed by atoms with Gasteiger partial charge in [0.15, 0.2) is 17.6 Å². The van der Waals surface area contributed by atoms with Gasteiger partial charge in [0.1, 0.15) is 0 Å². The maximum atomic E-state index is 12.6. The number of hydrogen-bond donors (Lipinski definition) is 4. The Labute approximate surface area is 162 Å². The second-order valence-electron chi connectivity index (χ2n) is 5.72. The van der Waals surface area contributed by atoms with Crippen LogP contribution in [-0.2, 0) is 9.53 Å². The number of quaternary nitrogens is 1. The Morgan fingerprint density at radius 3 is 2.68 bits per heavy atom. The highest BCUT2D eigenvalue weighted by molar-refractivity contribution is 7.14. The van der Waals surface area contributed by atoms with Crippen molar-refractivity contribution in [1.82, 2.24) is 9.97 Å². The lowest BCUT2D eigenvalue weighted by atomic mass is 10.1. The number of amides is 1. The Hall–Kier alpha value is -3.50. The van der Waals surface area contributed by atoms with E-state index >= 15 is 0 Å². The van der Waals surface area contributed by atoms with E-state index in [1.54, 1.807) is 23.6 Å². The van der Waals surface area contributed by atoms with Gasteiger partial charge >= 0.3 is 5.97 Å². The molecule has 0 unspecified atom stereocenters. The number of esters is 1. The molecule has 0 aliphatic heterocycles. The number of carbonyl (C=O) groups excluding carboxylic acids is 2.